The summed E-state index contributed by atoms with van der Waals surface area (Å²) in [7, 11) is 1.34. The minimum absolute atomic E-state index is 0.0791. The molecule has 0 aliphatic heterocycles. The van der Waals surface area contributed by atoms with Crippen molar-refractivity contribution in [2.24, 2.45) is 5.92 Å². The van der Waals surface area contributed by atoms with Crippen LogP contribution in [0.15, 0.2) is 47.2 Å². The van der Waals surface area contributed by atoms with E-state index in [2.05, 4.69) is 4.74 Å². The first kappa shape index (κ1) is 16.0. The molecule has 1 aromatic carbocycles. The smallest absolute Gasteiger partial charge is 0.311 e. The number of methoxy groups -OCH3 is 1. The number of hydrogen-bond donors (Lipinski definition) is 1. The molecule has 0 radical (unpaired) electrons. The average Bonchev–Trinajstić information content (AvgIpc) is 3.15. The van der Waals surface area contributed by atoms with Gasteiger partial charge < -0.3 is 23.6 Å². The number of benzene rings is 1. The van der Waals surface area contributed by atoms with Gasteiger partial charge in [-0.05, 0) is 12.5 Å². The second kappa shape index (κ2) is 6.70. The Bertz CT molecular complexity index is 834. The van der Waals surface area contributed by atoms with Crippen LogP contribution < -0.4 is 4.74 Å². The maximum Gasteiger partial charge on any atom is 0.311 e. The molecule has 3 rings (SSSR count). The van der Waals surface area contributed by atoms with Crippen molar-refractivity contribution in [2.75, 3.05) is 13.7 Å². The quantitative estimate of drug-likeness (QED) is 0.703. The van der Waals surface area contributed by atoms with E-state index < -0.39 is 5.92 Å². The van der Waals surface area contributed by atoms with E-state index >= 15 is 0 Å². The first-order chi connectivity index (χ1) is 11.6. The second-order valence-corrected chi connectivity index (χ2v) is 5.64. The average molecular weight is 329 g/mol. The molecule has 0 spiro atoms. The highest BCUT2D eigenvalue weighted by Gasteiger charge is 2.20. The van der Waals surface area contributed by atoms with Gasteiger partial charge >= 0.3 is 5.97 Å². The number of ether oxygens (including phenoxy) is 2. The number of fused-ring (bicyclic) bond motifs is 1. The molecule has 3 aromatic rings. The van der Waals surface area contributed by atoms with Gasteiger partial charge in [0.25, 0.3) is 0 Å². The predicted molar refractivity (Wildman–Crippen MR) is 88.1 cm³/mol. The van der Waals surface area contributed by atoms with Gasteiger partial charge in [0, 0.05) is 0 Å². The second-order valence-electron chi connectivity index (χ2n) is 5.64. The number of hydrogen-bond acceptors (Lipinski definition) is 5. The van der Waals surface area contributed by atoms with E-state index in [-0.39, 0.29) is 18.3 Å². The molecule has 0 saturated carbocycles. The SMILES string of the molecule is COC(=O)[C@@H](C)COc1coc2c1c(O)cn2Cc1ccccc1. The fraction of sp³-hybridized carbons (Fsp3) is 0.278. The van der Waals surface area contributed by atoms with Crippen LogP contribution in [0.5, 0.6) is 11.5 Å². The standard InChI is InChI=1S/C18H19NO5/c1-12(18(21)22-2)10-23-15-11-24-17-16(15)14(20)9-19(17)8-13-6-4-3-5-7-13/h3-7,9,11-12,20H,8,10H2,1-2H3/t12-/m0/s1. The lowest BCUT2D eigenvalue weighted by Gasteiger charge is -2.09. The molecule has 0 amide bonds. The lowest BCUT2D eigenvalue weighted by atomic mass is 10.2. The van der Waals surface area contributed by atoms with Crippen LogP contribution in [0, 0.1) is 5.92 Å². The Hall–Kier alpha value is -2.89. The van der Waals surface area contributed by atoms with Crippen molar-refractivity contribution in [3.8, 4) is 11.5 Å². The zero-order valence-corrected chi connectivity index (χ0v) is 13.6. The van der Waals surface area contributed by atoms with E-state index in [1.807, 2.05) is 34.9 Å². The Morgan fingerprint density at radius 1 is 1.33 bits per heavy atom. The van der Waals surface area contributed by atoms with Crippen molar-refractivity contribution >= 4 is 17.1 Å². The molecule has 24 heavy (non-hydrogen) atoms. The summed E-state index contributed by atoms with van der Waals surface area (Å²) in [6.07, 6.45) is 3.05. The van der Waals surface area contributed by atoms with Crippen LogP contribution >= 0.6 is 0 Å². The first-order valence-electron chi connectivity index (χ1n) is 7.64. The number of esters is 1. The van der Waals surface area contributed by atoms with Crippen molar-refractivity contribution < 1.29 is 23.8 Å². The monoisotopic (exact) mass is 329 g/mol. The van der Waals surface area contributed by atoms with Crippen LogP contribution in [0.3, 0.4) is 0 Å². The van der Waals surface area contributed by atoms with Gasteiger partial charge in [-0.25, -0.2) is 0 Å². The number of carbonyl (C=O) groups is 1. The van der Waals surface area contributed by atoms with Crippen LogP contribution in [-0.2, 0) is 16.1 Å². The summed E-state index contributed by atoms with van der Waals surface area (Å²) in [5.74, 6) is -0.269. The maximum atomic E-state index is 11.4. The van der Waals surface area contributed by atoms with E-state index in [9.17, 15) is 9.90 Å². The van der Waals surface area contributed by atoms with Crippen LogP contribution in [0.2, 0.25) is 0 Å². The van der Waals surface area contributed by atoms with E-state index in [1.165, 1.54) is 13.4 Å². The fourth-order valence-electron chi connectivity index (χ4n) is 2.54. The Balaban J connectivity index is 1.81. The van der Waals surface area contributed by atoms with Crippen molar-refractivity contribution in [1.82, 2.24) is 4.57 Å². The molecule has 1 atom stereocenters. The summed E-state index contributed by atoms with van der Waals surface area (Å²) >= 11 is 0. The molecule has 0 fully saturated rings. The molecule has 2 aromatic heterocycles. The number of aromatic hydroxyl groups is 1. The molecule has 1 N–H and O–H groups in total. The van der Waals surface area contributed by atoms with E-state index in [4.69, 9.17) is 9.15 Å². The minimum atomic E-state index is -0.409. The van der Waals surface area contributed by atoms with E-state index in [1.54, 1.807) is 13.1 Å². The molecular weight excluding hydrogens is 310 g/mol. The van der Waals surface area contributed by atoms with Crippen LogP contribution in [0.1, 0.15) is 12.5 Å². The molecule has 0 unspecified atom stereocenters. The molecule has 126 valence electrons. The molecule has 2 heterocycles. The van der Waals surface area contributed by atoms with Gasteiger partial charge in [0.05, 0.1) is 25.8 Å². The molecule has 0 aliphatic rings. The molecular formula is C18H19NO5. The Kier molecular flexibility index (Phi) is 4.46. The minimum Gasteiger partial charge on any atom is -0.505 e. The van der Waals surface area contributed by atoms with Gasteiger partial charge in [0.15, 0.2) is 5.75 Å². The molecule has 0 aliphatic carbocycles. The van der Waals surface area contributed by atoms with E-state index in [0.29, 0.717) is 23.4 Å². The summed E-state index contributed by atoms with van der Waals surface area (Å²) in [4.78, 5) is 11.4. The molecule has 6 nitrogen and oxygen atoms in total. The first-order valence-corrected chi connectivity index (χ1v) is 7.64. The molecule has 0 saturated heterocycles. The van der Waals surface area contributed by atoms with Crippen LogP contribution in [0.25, 0.3) is 11.1 Å². The summed E-state index contributed by atoms with van der Waals surface area (Å²) < 4.78 is 17.7. The third-order valence-corrected chi connectivity index (χ3v) is 3.82. The summed E-state index contributed by atoms with van der Waals surface area (Å²) in [6.45, 7) is 2.43. The number of nitrogens with zero attached hydrogens (tertiary/aromatic N) is 1. The fourth-order valence-corrected chi connectivity index (χ4v) is 2.54. The third-order valence-electron chi connectivity index (χ3n) is 3.82. The van der Waals surface area contributed by atoms with Gasteiger partial charge in [0.1, 0.15) is 24.0 Å². The zero-order chi connectivity index (χ0) is 17.1. The van der Waals surface area contributed by atoms with Crippen molar-refractivity contribution in [3.05, 3.63) is 48.4 Å². The topological polar surface area (TPSA) is 73.8 Å². The van der Waals surface area contributed by atoms with Gasteiger partial charge in [-0.15, -0.1) is 0 Å². The predicted octanol–water partition coefficient (Wildman–Crippen LogP) is 3.18. The van der Waals surface area contributed by atoms with Gasteiger partial charge in [-0.2, -0.15) is 0 Å². The highest BCUT2D eigenvalue weighted by molar-refractivity contribution is 5.89. The van der Waals surface area contributed by atoms with Crippen molar-refractivity contribution in [1.29, 1.82) is 0 Å². The largest absolute Gasteiger partial charge is 0.505 e. The Labute approximate surface area is 139 Å². The van der Waals surface area contributed by atoms with Crippen molar-refractivity contribution in [3.63, 3.8) is 0 Å². The number of rotatable bonds is 6. The highest BCUT2D eigenvalue weighted by atomic mass is 16.5. The lowest BCUT2D eigenvalue weighted by Crippen LogP contribution is -2.19. The number of carbonyl (C=O) groups excluding carboxylic acids is 1. The number of aromatic nitrogens is 1. The van der Waals surface area contributed by atoms with Crippen molar-refractivity contribution in [2.45, 2.75) is 13.5 Å². The maximum absolute atomic E-state index is 11.4. The Morgan fingerprint density at radius 3 is 2.79 bits per heavy atom. The lowest BCUT2D eigenvalue weighted by molar-refractivity contribution is -0.145. The van der Waals surface area contributed by atoms with Crippen LogP contribution in [0.4, 0.5) is 0 Å². The Morgan fingerprint density at radius 2 is 2.08 bits per heavy atom. The normalized spacial score (nSPS) is 12.2. The zero-order valence-electron chi connectivity index (χ0n) is 13.6. The number of furan rings is 1. The van der Waals surface area contributed by atoms with Crippen LogP contribution in [-0.4, -0.2) is 29.4 Å². The third kappa shape index (κ3) is 3.08. The molecule has 6 heteroatoms. The summed E-state index contributed by atoms with van der Waals surface area (Å²) in [5.41, 5.74) is 1.62. The van der Waals surface area contributed by atoms with E-state index in [0.717, 1.165) is 5.56 Å². The summed E-state index contributed by atoms with van der Waals surface area (Å²) in [6, 6.07) is 9.87. The highest BCUT2D eigenvalue weighted by Crippen LogP contribution is 2.37. The van der Waals surface area contributed by atoms with Gasteiger partial charge in [-0.1, -0.05) is 30.3 Å². The van der Waals surface area contributed by atoms with Gasteiger partial charge in [-0.3, -0.25) is 4.79 Å². The summed E-state index contributed by atoms with van der Waals surface area (Å²) in [5, 5.41) is 10.7. The van der Waals surface area contributed by atoms with Gasteiger partial charge in [0.2, 0.25) is 5.71 Å². The molecule has 0 bridgehead atoms.